The number of carboxylic acid groups (broad SMARTS) is 1. The lowest BCUT2D eigenvalue weighted by Gasteiger charge is -2.29. The van der Waals surface area contributed by atoms with Crippen LogP contribution >= 0.6 is 15.9 Å². The first-order valence-corrected chi connectivity index (χ1v) is 8.43. The summed E-state index contributed by atoms with van der Waals surface area (Å²) in [6.07, 6.45) is 0. The number of carboxylic acids is 1. The normalized spacial score (nSPS) is 21.5. The van der Waals surface area contributed by atoms with Gasteiger partial charge in [-0.1, -0.05) is 35.5 Å². The number of hydrogen-bond donors (Lipinski definition) is 2. The Morgan fingerprint density at radius 3 is 2.42 bits per heavy atom. The summed E-state index contributed by atoms with van der Waals surface area (Å²) in [6.45, 7) is 0. The molecule has 1 aliphatic rings. The van der Waals surface area contributed by atoms with Crippen molar-refractivity contribution in [1.29, 1.82) is 0 Å². The maximum Gasteiger partial charge on any atom is 0.373 e. The van der Waals surface area contributed by atoms with Gasteiger partial charge in [0, 0.05) is 5.56 Å². The molecule has 2 aromatic carbocycles. The van der Waals surface area contributed by atoms with Gasteiger partial charge < -0.3 is 20.0 Å². The van der Waals surface area contributed by atoms with Crippen molar-refractivity contribution in [2.75, 3.05) is 7.11 Å². The number of aliphatic carboxylic acids is 1. The van der Waals surface area contributed by atoms with Crippen LogP contribution in [-0.2, 0) is 9.63 Å². The van der Waals surface area contributed by atoms with Crippen LogP contribution < -0.4 is 10.1 Å². The summed E-state index contributed by atoms with van der Waals surface area (Å²) in [5.74, 6) is -2.18. The van der Waals surface area contributed by atoms with Gasteiger partial charge in [-0.15, -0.1) is 0 Å². The second-order valence-electron chi connectivity index (χ2n) is 5.57. The van der Waals surface area contributed by atoms with Gasteiger partial charge in [0.2, 0.25) is 0 Å². The summed E-state index contributed by atoms with van der Waals surface area (Å²) >= 11 is 3.25. The Hall–Kier alpha value is -2.87. The Balaban J connectivity index is 1.98. The molecule has 7 nitrogen and oxygen atoms in total. The van der Waals surface area contributed by atoms with E-state index >= 15 is 0 Å². The number of ether oxygens (including phenoxy) is 1. The fourth-order valence-corrected chi connectivity index (χ4v) is 3.36. The fraction of sp³-hybridized carbons (Fsp3) is 0.167. The van der Waals surface area contributed by atoms with Gasteiger partial charge in [0.1, 0.15) is 16.3 Å². The molecule has 2 N–H and O–H groups in total. The van der Waals surface area contributed by atoms with Gasteiger partial charge >= 0.3 is 11.7 Å². The average Bonchev–Trinajstić information content (AvgIpc) is 3.00. The number of nitrogens with zero attached hydrogens (tertiary/aromatic N) is 1. The van der Waals surface area contributed by atoms with Gasteiger partial charge in [0.05, 0.1) is 7.11 Å². The third kappa shape index (κ3) is 3.15. The Kier molecular flexibility index (Phi) is 4.94. The summed E-state index contributed by atoms with van der Waals surface area (Å²) in [7, 11) is 1.53. The van der Waals surface area contributed by atoms with Crippen LogP contribution in [0.1, 0.15) is 21.8 Å². The lowest BCUT2D eigenvalue weighted by atomic mass is 9.89. The number of benzene rings is 2. The Morgan fingerprint density at radius 2 is 1.85 bits per heavy atom. The average molecular weight is 419 g/mol. The van der Waals surface area contributed by atoms with Crippen LogP contribution in [-0.4, -0.2) is 34.4 Å². The predicted molar refractivity (Wildman–Crippen MR) is 97.5 cm³/mol. The molecule has 3 rings (SSSR count). The van der Waals surface area contributed by atoms with Crippen LogP contribution in [0.25, 0.3) is 0 Å². The van der Waals surface area contributed by atoms with Crippen molar-refractivity contribution in [1.82, 2.24) is 5.32 Å². The maximum absolute atomic E-state index is 12.6. The number of carbonyl (C=O) groups excluding carboxylic acids is 1. The number of halogens is 1. The Morgan fingerprint density at radius 1 is 1.19 bits per heavy atom. The summed E-state index contributed by atoms with van der Waals surface area (Å²) in [4.78, 5) is 29.8. The molecule has 8 heteroatoms. The third-order valence-electron chi connectivity index (χ3n) is 4.02. The van der Waals surface area contributed by atoms with E-state index in [0.717, 1.165) is 0 Å². The van der Waals surface area contributed by atoms with E-state index in [1.165, 1.54) is 7.11 Å². The molecule has 2 unspecified atom stereocenters. The third-order valence-corrected chi connectivity index (χ3v) is 4.63. The molecule has 0 saturated carbocycles. The van der Waals surface area contributed by atoms with Crippen LogP contribution in [0.3, 0.4) is 0 Å². The minimum absolute atomic E-state index is 0.262. The molecule has 0 radical (unpaired) electrons. The molecule has 0 bridgehead atoms. The van der Waals surface area contributed by atoms with Crippen molar-refractivity contribution in [3.63, 3.8) is 0 Å². The first-order valence-electron chi connectivity index (χ1n) is 7.64. The zero-order chi connectivity index (χ0) is 18.7. The minimum Gasteiger partial charge on any atom is -0.497 e. The lowest BCUT2D eigenvalue weighted by Crippen LogP contribution is -2.58. The molecule has 2 aromatic rings. The largest absolute Gasteiger partial charge is 0.497 e. The fourth-order valence-electron chi connectivity index (χ4n) is 2.70. The van der Waals surface area contributed by atoms with E-state index in [-0.39, 0.29) is 4.62 Å². The molecule has 1 amide bonds. The van der Waals surface area contributed by atoms with E-state index in [0.29, 0.717) is 16.9 Å². The van der Waals surface area contributed by atoms with Gasteiger partial charge in [0.25, 0.3) is 5.91 Å². The highest BCUT2D eigenvalue weighted by molar-refractivity contribution is 9.18. The van der Waals surface area contributed by atoms with Crippen molar-refractivity contribution >= 4 is 32.4 Å². The van der Waals surface area contributed by atoms with Crippen LogP contribution in [0.5, 0.6) is 5.75 Å². The molecule has 0 fully saturated rings. The molecule has 0 aromatic heterocycles. The van der Waals surface area contributed by atoms with Crippen molar-refractivity contribution < 1.29 is 24.3 Å². The molecule has 26 heavy (non-hydrogen) atoms. The number of oxime groups is 1. The first kappa shape index (κ1) is 17.9. The highest BCUT2D eigenvalue weighted by Crippen LogP contribution is 2.39. The van der Waals surface area contributed by atoms with Crippen molar-refractivity contribution in [2.45, 2.75) is 11.6 Å². The van der Waals surface area contributed by atoms with Gasteiger partial charge in [-0.05, 0) is 45.8 Å². The topological polar surface area (TPSA) is 97.2 Å². The smallest absolute Gasteiger partial charge is 0.373 e. The Labute approximate surface area is 157 Å². The zero-order valence-corrected chi connectivity index (χ0v) is 15.3. The van der Waals surface area contributed by atoms with E-state index in [4.69, 9.17) is 9.57 Å². The SMILES string of the molecule is COc1ccc(C2C(Br)=NOC2(NC(=O)c2ccccc2)C(=O)O)cc1. The molecule has 1 aliphatic heterocycles. The number of rotatable bonds is 5. The van der Waals surface area contributed by atoms with Crippen LogP contribution in [0.2, 0.25) is 0 Å². The van der Waals surface area contributed by atoms with E-state index in [1.807, 2.05) is 0 Å². The molecule has 0 spiro atoms. The summed E-state index contributed by atoms with van der Waals surface area (Å²) in [5.41, 5.74) is -1.16. The highest BCUT2D eigenvalue weighted by Gasteiger charge is 2.57. The van der Waals surface area contributed by atoms with Crippen molar-refractivity contribution in [3.05, 3.63) is 65.7 Å². The van der Waals surface area contributed by atoms with Gasteiger partial charge in [-0.2, -0.15) is 0 Å². The first-order chi connectivity index (χ1) is 12.5. The molecular weight excluding hydrogens is 404 g/mol. The lowest BCUT2D eigenvalue weighted by molar-refractivity contribution is -0.167. The second kappa shape index (κ2) is 7.17. The maximum atomic E-state index is 12.6. The number of amides is 1. The molecule has 0 saturated heterocycles. The van der Waals surface area contributed by atoms with Crippen molar-refractivity contribution in [2.24, 2.45) is 5.16 Å². The van der Waals surface area contributed by atoms with E-state index in [9.17, 15) is 14.7 Å². The van der Waals surface area contributed by atoms with Crippen LogP contribution in [0, 0.1) is 0 Å². The summed E-state index contributed by atoms with van der Waals surface area (Å²) in [5, 5.41) is 16.1. The van der Waals surface area contributed by atoms with Gasteiger partial charge in [-0.3, -0.25) is 4.79 Å². The van der Waals surface area contributed by atoms with Crippen molar-refractivity contribution in [3.8, 4) is 5.75 Å². The van der Waals surface area contributed by atoms with Gasteiger partial charge in [0.15, 0.2) is 0 Å². The second-order valence-corrected chi connectivity index (χ2v) is 6.38. The van der Waals surface area contributed by atoms with Crippen LogP contribution in [0.4, 0.5) is 0 Å². The monoisotopic (exact) mass is 418 g/mol. The number of methoxy groups -OCH3 is 1. The van der Waals surface area contributed by atoms with E-state index in [1.54, 1.807) is 54.6 Å². The Bertz CT molecular complexity index is 854. The number of hydrogen-bond acceptors (Lipinski definition) is 5. The zero-order valence-electron chi connectivity index (χ0n) is 13.7. The highest BCUT2D eigenvalue weighted by atomic mass is 79.9. The van der Waals surface area contributed by atoms with Gasteiger partial charge in [-0.25, -0.2) is 4.79 Å². The van der Waals surface area contributed by atoms with E-state index in [2.05, 4.69) is 26.4 Å². The summed E-state index contributed by atoms with van der Waals surface area (Å²) in [6, 6.07) is 15.1. The molecule has 1 heterocycles. The predicted octanol–water partition coefficient (Wildman–Crippen LogP) is 2.73. The number of nitrogens with one attached hydrogen (secondary N) is 1. The molecule has 0 aliphatic carbocycles. The number of carbonyl (C=O) groups is 2. The van der Waals surface area contributed by atoms with Crippen LogP contribution in [0.15, 0.2) is 59.8 Å². The van der Waals surface area contributed by atoms with E-state index < -0.39 is 23.5 Å². The quantitative estimate of drug-likeness (QED) is 0.777. The molecular formula is C18H15BrN2O5. The molecule has 2 atom stereocenters. The minimum atomic E-state index is -2.07. The summed E-state index contributed by atoms with van der Waals surface area (Å²) < 4.78 is 5.38. The standard InChI is InChI=1S/C18H15BrN2O5/c1-25-13-9-7-11(8-10-13)14-15(19)21-26-18(14,17(23)24)20-16(22)12-5-3-2-4-6-12/h2-10,14H,1H3,(H,20,22)(H,23,24). The molecule has 134 valence electrons.